The van der Waals surface area contributed by atoms with E-state index in [2.05, 4.69) is 24.1 Å². The van der Waals surface area contributed by atoms with E-state index in [0.29, 0.717) is 12.1 Å². The molecule has 0 unspecified atom stereocenters. The van der Waals surface area contributed by atoms with Crippen LogP contribution in [0.3, 0.4) is 0 Å². The van der Waals surface area contributed by atoms with Crippen LogP contribution in [0.5, 0.6) is 0 Å². The van der Waals surface area contributed by atoms with Crippen molar-refractivity contribution in [3.8, 4) is 11.3 Å². The van der Waals surface area contributed by atoms with Gasteiger partial charge in [-0.25, -0.2) is 4.98 Å². The van der Waals surface area contributed by atoms with Gasteiger partial charge in [0.25, 0.3) is 5.91 Å². The zero-order valence-electron chi connectivity index (χ0n) is 16.1. The van der Waals surface area contributed by atoms with Gasteiger partial charge in [-0.1, -0.05) is 62.4 Å². The lowest BCUT2D eigenvalue weighted by Gasteiger charge is -2.17. The summed E-state index contributed by atoms with van der Waals surface area (Å²) in [7, 11) is 0. The van der Waals surface area contributed by atoms with Gasteiger partial charge >= 0.3 is 0 Å². The molecule has 4 heteroatoms. The summed E-state index contributed by atoms with van der Waals surface area (Å²) in [4.78, 5) is 20.0. The summed E-state index contributed by atoms with van der Waals surface area (Å²) in [6.07, 6.45) is 0.946. The molecule has 3 rings (SSSR count). The Labute approximate surface area is 161 Å². The Morgan fingerprint density at radius 1 is 1.00 bits per heavy atom. The van der Waals surface area contributed by atoms with E-state index in [0.717, 1.165) is 48.2 Å². The van der Waals surface area contributed by atoms with Crippen molar-refractivity contribution >= 4 is 16.8 Å². The SMILES string of the molecule is CCN(CC)CCCNC(=O)c1cc(-c2ccccc2)nc2ccccc12. The molecule has 0 atom stereocenters. The second kappa shape index (κ2) is 9.28. The van der Waals surface area contributed by atoms with E-state index in [1.165, 1.54) is 0 Å². The molecule has 0 spiro atoms. The summed E-state index contributed by atoms with van der Waals surface area (Å²) in [6.45, 7) is 8.08. The third-order valence-electron chi connectivity index (χ3n) is 4.86. The van der Waals surface area contributed by atoms with Crippen LogP contribution in [-0.4, -0.2) is 42.0 Å². The summed E-state index contributed by atoms with van der Waals surface area (Å²) in [5.41, 5.74) is 3.36. The van der Waals surface area contributed by atoms with Crippen LogP contribution >= 0.6 is 0 Å². The average molecular weight is 361 g/mol. The Bertz CT molecular complexity index is 889. The quantitative estimate of drug-likeness (QED) is 0.606. The lowest BCUT2D eigenvalue weighted by atomic mass is 10.0. The lowest BCUT2D eigenvalue weighted by molar-refractivity contribution is 0.0953. The minimum absolute atomic E-state index is 0.0367. The number of hydrogen-bond donors (Lipinski definition) is 1. The molecule has 0 bridgehead atoms. The Balaban J connectivity index is 1.81. The first-order valence-corrected chi connectivity index (χ1v) is 9.68. The number of rotatable bonds is 8. The molecule has 3 aromatic rings. The van der Waals surface area contributed by atoms with E-state index in [1.807, 2.05) is 60.7 Å². The van der Waals surface area contributed by atoms with Gasteiger partial charge in [0.15, 0.2) is 0 Å². The average Bonchev–Trinajstić information content (AvgIpc) is 2.73. The molecule has 0 aliphatic rings. The van der Waals surface area contributed by atoms with Gasteiger partial charge in [-0.05, 0) is 38.2 Å². The normalized spacial score (nSPS) is 11.1. The first kappa shape index (κ1) is 19.1. The van der Waals surface area contributed by atoms with Gasteiger partial charge in [0.2, 0.25) is 0 Å². The molecular formula is C23H27N3O. The first-order valence-electron chi connectivity index (χ1n) is 9.68. The monoisotopic (exact) mass is 361 g/mol. The summed E-state index contributed by atoms with van der Waals surface area (Å²) in [6, 6.07) is 19.7. The standard InChI is InChI=1S/C23H27N3O/c1-3-26(4-2)16-10-15-24-23(27)20-17-22(18-11-6-5-7-12-18)25-21-14-9-8-13-19(20)21/h5-9,11-14,17H,3-4,10,15-16H2,1-2H3,(H,24,27). The Morgan fingerprint density at radius 3 is 2.44 bits per heavy atom. The largest absolute Gasteiger partial charge is 0.352 e. The molecule has 140 valence electrons. The second-order valence-electron chi connectivity index (χ2n) is 6.57. The van der Waals surface area contributed by atoms with Crippen LogP contribution in [0.15, 0.2) is 60.7 Å². The van der Waals surface area contributed by atoms with Gasteiger partial charge in [-0.3, -0.25) is 4.79 Å². The highest BCUT2D eigenvalue weighted by Gasteiger charge is 2.13. The van der Waals surface area contributed by atoms with Crippen LogP contribution < -0.4 is 5.32 Å². The van der Waals surface area contributed by atoms with Crippen molar-refractivity contribution in [3.63, 3.8) is 0 Å². The van der Waals surface area contributed by atoms with E-state index in [1.54, 1.807) is 0 Å². The van der Waals surface area contributed by atoms with Gasteiger partial charge in [-0.2, -0.15) is 0 Å². The van der Waals surface area contributed by atoms with Crippen molar-refractivity contribution in [1.29, 1.82) is 0 Å². The maximum absolute atomic E-state index is 12.9. The van der Waals surface area contributed by atoms with Crippen LogP contribution in [0.2, 0.25) is 0 Å². The number of fused-ring (bicyclic) bond motifs is 1. The van der Waals surface area contributed by atoms with E-state index in [9.17, 15) is 4.79 Å². The molecule has 1 amide bonds. The Morgan fingerprint density at radius 2 is 1.70 bits per heavy atom. The number of hydrogen-bond acceptors (Lipinski definition) is 3. The highest BCUT2D eigenvalue weighted by molar-refractivity contribution is 6.07. The first-order chi connectivity index (χ1) is 13.2. The predicted octanol–water partition coefficient (Wildman–Crippen LogP) is 4.36. The third kappa shape index (κ3) is 4.72. The summed E-state index contributed by atoms with van der Waals surface area (Å²) in [5, 5.41) is 3.97. The summed E-state index contributed by atoms with van der Waals surface area (Å²) in [5.74, 6) is -0.0367. The molecule has 1 N–H and O–H groups in total. The van der Waals surface area contributed by atoms with Crippen molar-refractivity contribution in [3.05, 3.63) is 66.2 Å². The zero-order valence-corrected chi connectivity index (χ0v) is 16.1. The van der Waals surface area contributed by atoms with E-state index < -0.39 is 0 Å². The van der Waals surface area contributed by atoms with E-state index in [-0.39, 0.29) is 5.91 Å². The highest BCUT2D eigenvalue weighted by atomic mass is 16.1. The molecular weight excluding hydrogens is 334 g/mol. The van der Waals surface area contributed by atoms with Crippen molar-refractivity contribution in [2.24, 2.45) is 0 Å². The maximum atomic E-state index is 12.9. The molecule has 2 aromatic carbocycles. The van der Waals surface area contributed by atoms with Crippen LogP contribution in [0, 0.1) is 0 Å². The fraction of sp³-hybridized carbons (Fsp3) is 0.304. The molecule has 0 radical (unpaired) electrons. The maximum Gasteiger partial charge on any atom is 0.252 e. The topological polar surface area (TPSA) is 45.2 Å². The van der Waals surface area contributed by atoms with Gasteiger partial charge in [0.05, 0.1) is 16.8 Å². The number of para-hydroxylation sites is 1. The zero-order chi connectivity index (χ0) is 19.1. The number of nitrogens with one attached hydrogen (secondary N) is 1. The number of pyridine rings is 1. The van der Waals surface area contributed by atoms with Crippen molar-refractivity contribution in [1.82, 2.24) is 15.2 Å². The molecule has 0 saturated carbocycles. The minimum Gasteiger partial charge on any atom is -0.352 e. The molecule has 0 fully saturated rings. The van der Waals surface area contributed by atoms with Crippen LogP contribution in [-0.2, 0) is 0 Å². The number of nitrogens with zero attached hydrogens (tertiary/aromatic N) is 2. The minimum atomic E-state index is -0.0367. The molecule has 1 aromatic heterocycles. The molecule has 27 heavy (non-hydrogen) atoms. The summed E-state index contributed by atoms with van der Waals surface area (Å²) >= 11 is 0. The predicted molar refractivity (Wildman–Crippen MR) is 112 cm³/mol. The number of amides is 1. The number of carbonyl (C=O) groups excluding carboxylic acids is 1. The smallest absolute Gasteiger partial charge is 0.252 e. The van der Waals surface area contributed by atoms with Crippen LogP contribution in [0.4, 0.5) is 0 Å². The Hall–Kier alpha value is -2.72. The fourth-order valence-corrected chi connectivity index (χ4v) is 3.26. The van der Waals surface area contributed by atoms with Crippen molar-refractivity contribution in [2.75, 3.05) is 26.2 Å². The molecule has 4 nitrogen and oxygen atoms in total. The highest BCUT2D eigenvalue weighted by Crippen LogP contribution is 2.24. The van der Waals surface area contributed by atoms with Gasteiger partial charge < -0.3 is 10.2 Å². The van der Waals surface area contributed by atoms with Gasteiger partial charge in [0, 0.05) is 17.5 Å². The molecule has 0 aliphatic carbocycles. The number of benzene rings is 2. The van der Waals surface area contributed by atoms with Crippen LogP contribution in [0.1, 0.15) is 30.6 Å². The van der Waals surface area contributed by atoms with Gasteiger partial charge in [-0.15, -0.1) is 0 Å². The lowest BCUT2D eigenvalue weighted by Crippen LogP contribution is -2.30. The van der Waals surface area contributed by atoms with Gasteiger partial charge in [0.1, 0.15) is 0 Å². The number of carbonyl (C=O) groups is 1. The Kier molecular flexibility index (Phi) is 6.55. The third-order valence-corrected chi connectivity index (χ3v) is 4.86. The fourth-order valence-electron chi connectivity index (χ4n) is 3.26. The second-order valence-corrected chi connectivity index (χ2v) is 6.57. The van der Waals surface area contributed by atoms with E-state index >= 15 is 0 Å². The number of aromatic nitrogens is 1. The molecule has 0 aliphatic heterocycles. The van der Waals surface area contributed by atoms with Crippen LogP contribution in [0.25, 0.3) is 22.2 Å². The molecule has 0 saturated heterocycles. The molecule has 1 heterocycles. The van der Waals surface area contributed by atoms with Crippen molar-refractivity contribution < 1.29 is 4.79 Å². The summed E-state index contributed by atoms with van der Waals surface area (Å²) < 4.78 is 0. The van der Waals surface area contributed by atoms with E-state index in [4.69, 9.17) is 4.98 Å². The van der Waals surface area contributed by atoms with Crippen molar-refractivity contribution in [2.45, 2.75) is 20.3 Å².